The molecule has 2 N–H and O–H groups in total. The number of rotatable bonds is 8. The van der Waals surface area contributed by atoms with Crippen molar-refractivity contribution in [2.24, 2.45) is 5.92 Å². The lowest BCUT2D eigenvalue weighted by atomic mass is 10.1. The van der Waals surface area contributed by atoms with E-state index in [-0.39, 0.29) is 30.7 Å². The number of para-hydroxylation sites is 1. The fourth-order valence-corrected chi connectivity index (χ4v) is 4.12. The molecular formula is C28H29N3O4. The van der Waals surface area contributed by atoms with Gasteiger partial charge in [0.15, 0.2) is 6.61 Å². The highest BCUT2D eigenvalue weighted by molar-refractivity contribution is 6.00. The predicted octanol–water partition coefficient (Wildman–Crippen LogP) is 3.99. The van der Waals surface area contributed by atoms with Crippen LogP contribution in [0, 0.1) is 19.8 Å². The van der Waals surface area contributed by atoms with Gasteiger partial charge < -0.3 is 20.3 Å². The fourth-order valence-electron chi connectivity index (χ4n) is 4.12. The van der Waals surface area contributed by atoms with Gasteiger partial charge in [-0.25, -0.2) is 0 Å². The topological polar surface area (TPSA) is 87.7 Å². The molecule has 4 rings (SSSR count). The standard InChI is InChI=1S/C28H29N3O4/c1-19-7-6-8-20(2)27(19)30-25(32)18-35-24-13-11-23(12-14-24)31-17-22(15-26(31)33)28(34)29-16-21-9-4-3-5-10-21/h3-14,22H,15-18H2,1-2H3,(H,29,34)(H,30,32)/t22-/m0/s1. The third kappa shape index (κ3) is 6.06. The Balaban J connectivity index is 1.28. The Hall–Kier alpha value is -4.13. The van der Waals surface area contributed by atoms with Crippen molar-refractivity contribution in [2.45, 2.75) is 26.8 Å². The Kier molecular flexibility index (Phi) is 7.45. The van der Waals surface area contributed by atoms with Crippen LogP contribution in [0.4, 0.5) is 11.4 Å². The zero-order valence-electron chi connectivity index (χ0n) is 19.9. The smallest absolute Gasteiger partial charge is 0.262 e. The zero-order valence-corrected chi connectivity index (χ0v) is 19.9. The van der Waals surface area contributed by atoms with Crippen LogP contribution in [0.5, 0.6) is 5.75 Å². The maximum absolute atomic E-state index is 12.6. The van der Waals surface area contributed by atoms with Gasteiger partial charge in [0, 0.05) is 30.9 Å². The highest BCUT2D eigenvalue weighted by Gasteiger charge is 2.35. The van der Waals surface area contributed by atoms with Gasteiger partial charge in [-0.1, -0.05) is 48.5 Å². The molecule has 0 bridgehead atoms. The van der Waals surface area contributed by atoms with Gasteiger partial charge in [0.1, 0.15) is 5.75 Å². The number of anilines is 2. The van der Waals surface area contributed by atoms with Crippen molar-refractivity contribution in [3.8, 4) is 5.75 Å². The first-order chi connectivity index (χ1) is 16.9. The molecule has 1 saturated heterocycles. The summed E-state index contributed by atoms with van der Waals surface area (Å²) in [5, 5.41) is 5.81. The van der Waals surface area contributed by atoms with Gasteiger partial charge in [0.25, 0.3) is 5.91 Å². The van der Waals surface area contributed by atoms with Crippen LogP contribution in [0.25, 0.3) is 0 Å². The first-order valence-electron chi connectivity index (χ1n) is 11.6. The molecular weight excluding hydrogens is 442 g/mol. The van der Waals surface area contributed by atoms with Gasteiger partial charge in [-0.05, 0) is 54.8 Å². The number of hydrogen-bond donors (Lipinski definition) is 2. The summed E-state index contributed by atoms with van der Waals surface area (Å²) >= 11 is 0. The molecule has 0 unspecified atom stereocenters. The van der Waals surface area contributed by atoms with E-state index >= 15 is 0 Å². The summed E-state index contributed by atoms with van der Waals surface area (Å²) in [6.07, 6.45) is 0.178. The van der Waals surface area contributed by atoms with Crippen LogP contribution in [0.3, 0.4) is 0 Å². The Labute approximate surface area is 205 Å². The van der Waals surface area contributed by atoms with E-state index in [1.807, 2.05) is 62.4 Å². The van der Waals surface area contributed by atoms with Crippen molar-refractivity contribution < 1.29 is 19.1 Å². The van der Waals surface area contributed by atoms with E-state index in [4.69, 9.17) is 4.74 Å². The molecule has 7 nitrogen and oxygen atoms in total. The highest BCUT2D eigenvalue weighted by atomic mass is 16.5. The molecule has 1 atom stereocenters. The molecule has 3 aromatic carbocycles. The molecule has 0 aliphatic carbocycles. The van der Waals surface area contributed by atoms with Crippen molar-refractivity contribution >= 4 is 29.1 Å². The minimum atomic E-state index is -0.393. The largest absolute Gasteiger partial charge is 0.484 e. The lowest BCUT2D eigenvalue weighted by molar-refractivity contribution is -0.126. The number of carbonyl (C=O) groups excluding carboxylic acids is 3. The van der Waals surface area contributed by atoms with E-state index in [0.29, 0.717) is 24.5 Å². The summed E-state index contributed by atoms with van der Waals surface area (Å²) in [6, 6.07) is 22.5. The summed E-state index contributed by atoms with van der Waals surface area (Å²) in [4.78, 5) is 39.1. The quantitative estimate of drug-likeness (QED) is 0.520. The Morgan fingerprint density at radius 3 is 2.31 bits per heavy atom. The van der Waals surface area contributed by atoms with E-state index in [0.717, 1.165) is 22.4 Å². The van der Waals surface area contributed by atoms with Gasteiger partial charge in [-0.2, -0.15) is 0 Å². The van der Waals surface area contributed by atoms with E-state index in [1.165, 1.54) is 0 Å². The number of nitrogens with one attached hydrogen (secondary N) is 2. The highest BCUT2D eigenvalue weighted by Crippen LogP contribution is 2.27. The summed E-state index contributed by atoms with van der Waals surface area (Å²) < 4.78 is 5.62. The number of hydrogen-bond acceptors (Lipinski definition) is 4. The Bertz CT molecular complexity index is 1190. The van der Waals surface area contributed by atoms with E-state index in [2.05, 4.69) is 10.6 Å². The van der Waals surface area contributed by atoms with Crippen LogP contribution in [-0.2, 0) is 20.9 Å². The van der Waals surface area contributed by atoms with Crippen molar-refractivity contribution in [1.29, 1.82) is 0 Å². The lowest BCUT2D eigenvalue weighted by Gasteiger charge is -2.17. The van der Waals surface area contributed by atoms with Gasteiger partial charge >= 0.3 is 0 Å². The van der Waals surface area contributed by atoms with Gasteiger partial charge in [-0.3, -0.25) is 14.4 Å². The molecule has 1 heterocycles. The van der Waals surface area contributed by atoms with Crippen LogP contribution < -0.4 is 20.3 Å². The number of amides is 3. The number of nitrogens with zero attached hydrogens (tertiary/aromatic N) is 1. The summed E-state index contributed by atoms with van der Waals surface area (Å²) in [6.45, 7) is 4.53. The summed E-state index contributed by atoms with van der Waals surface area (Å²) in [7, 11) is 0. The van der Waals surface area contributed by atoms with E-state index < -0.39 is 5.92 Å². The SMILES string of the molecule is Cc1cccc(C)c1NC(=O)COc1ccc(N2C[C@@H](C(=O)NCc3ccccc3)CC2=O)cc1. The number of aryl methyl sites for hydroxylation is 2. The molecule has 1 aliphatic heterocycles. The van der Waals surface area contributed by atoms with Crippen LogP contribution >= 0.6 is 0 Å². The molecule has 3 aromatic rings. The fraction of sp³-hybridized carbons (Fsp3) is 0.250. The van der Waals surface area contributed by atoms with Crippen LogP contribution in [0.2, 0.25) is 0 Å². The lowest BCUT2D eigenvalue weighted by Crippen LogP contribution is -2.32. The first kappa shape index (κ1) is 24.0. The molecule has 7 heteroatoms. The molecule has 0 saturated carbocycles. The van der Waals surface area contributed by atoms with Crippen LogP contribution in [-0.4, -0.2) is 30.9 Å². The molecule has 180 valence electrons. The maximum atomic E-state index is 12.6. The van der Waals surface area contributed by atoms with E-state index in [9.17, 15) is 14.4 Å². The average Bonchev–Trinajstić information content (AvgIpc) is 3.26. The van der Waals surface area contributed by atoms with Crippen LogP contribution in [0.1, 0.15) is 23.1 Å². The van der Waals surface area contributed by atoms with Gasteiger partial charge in [-0.15, -0.1) is 0 Å². The molecule has 0 spiro atoms. The summed E-state index contributed by atoms with van der Waals surface area (Å²) in [5.41, 5.74) is 4.49. The molecule has 35 heavy (non-hydrogen) atoms. The summed E-state index contributed by atoms with van der Waals surface area (Å²) in [5.74, 6) is -0.332. The molecule has 3 amide bonds. The Morgan fingerprint density at radius 2 is 1.63 bits per heavy atom. The molecule has 1 fully saturated rings. The van der Waals surface area contributed by atoms with E-state index in [1.54, 1.807) is 29.2 Å². The predicted molar refractivity (Wildman–Crippen MR) is 135 cm³/mol. The minimum absolute atomic E-state index is 0.0912. The van der Waals surface area contributed by atoms with Crippen molar-refractivity contribution in [1.82, 2.24) is 5.32 Å². The van der Waals surface area contributed by atoms with Gasteiger partial charge in [0.05, 0.1) is 5.92 Å². The molecule has 0 aromatic heterocycles. The monoisotopic (exact) mass is 471 g/mol. The molecule has 1 aliphatic rings. The second-order valence-electron chi connectivity index (χ2n) is 8.71. The maximum Gasteiger partial charge on any atom is 0.262 e. The second-order valence-corrected chi connectivity index (χ2v) is 8.71. The molecule has 0 radical (unpaired) electrons. The van der Waals surface area contributed by atoms with Crippen molar-refractivity contribution in [3.63, 3.8) is 0 Å². The third-order valence-corrected chi connectivity index (χ3v) is 6.07. The first-order valence-corrected chi connectivity index (χ1v) is 11.6. The number of carbonyl (C=O) groups is 3. The number of ether oxygens (including phenoxy) is 1. The van der Waals surface area contributed by atoms with Gasteiger partial charge in [0.2, 0.25) is 11.8 Å². The minimum Gasteiger partial charge on any atom is -0.484 e. The van der Waals surface area contributed by atoms with Crippen LogP contribution in [0.15, 0.2) is 72.8 Å². The normalized spacial score (nSPS) is 15.1. The Morgan fingerprint density at radius 1 is 0.943 bits per heavy atom. The third-order valence-electron chi connectivity index (χ3n) is 6.07. The average molecular weight is 472 g/mol. The second kappa shape index (κ2) is 10.9. The van der Waals surface area contributed by atoms with Crippen molar-refractivity contribution in [3.05, 3.63) is 89.5 Å². The number of benzene rings is 3. The zero-order chi connectivity index (χ0) is 24.8. The van der Waals surface area contributed by atoms with Crippen molar-refractivity contribution in [2.75, 3.05) is 23.4 Å².